The van der Waals surface area contributed by atoms with Crippen molar-refractivity contribution >= 4 is 11.6 Å². The number of hydrogen-bond donors (Lipinski definition) is 1. The van der Waals surface area contributed by atoms with Gasteiger partial charge in [0.1, 0.15) is 0 Å². The van der Waals surface area contributed by atoms with Gasteiger partial charge in [-0.3, -0.25) is 0 Å². The van der Waals surface area contributed by atoms with Gasteiger partial charge in [-0.25, -0.2) is 0 Å². The van der Waals surface area contributed by atoms with Crippen LogP contribution in [-0.4, -0.2) is 20.8 Å². The zero-order valence-corrected chi connectivity index (χ0v) is 12.8. The van der Waals surface area contributed by atoms with Crippen LogP contribution in [0.1, 0.15) is 38.2 Å². The predicted octanol–water partition coefficient (Wildman–Crippen LogP) is 4.03. The van der Waals surface area contributed by atoms with E-state index in [2.05, 4.69) is 12.2 Å². The molecule has 1 N–H and O–H groups in total. The average molecular weight is 286 g/mol. The van der Waals surface area contributed by atoms with Gasteiger partial charge in [-0.2, -0.15) is 0 Å². The molecule has 0 aliphatic rings. The van der Waals surface area contributed by atoms with Crippen LogP contribution in [-0.2, 0) is 6.54 Å². The molecule has 0 saturated carbocycles. The number of nitrogens with one attached hydrogen (secondary N) is 1. The van der Waals surface area contributed by atoms with E-state index in [9.17, 15) is 0 Å². The summed E-state index contributed by atoms with van der Waals surface area (Å²) >= 11 is 6.26. The van der Waals surface area contributed by atoms with Crippen molar-refractivity contribution in [3.8, 4) is 11.5 Å². The lowest BCUT2D eigenvalue weighted by Crippen LogP contribution is -2.06. The third-order valence-corrected chi connectivity index (χ3v) is 3.20. The lowest BCUT2D eigenvalue weighted by Gasteiger charge is -2.14. The van der Waals surface area contributed by atoms with Gasteiger partial charge in [-0.1, -0.05) is 37.8 Å². The van der Waals surface area contributed by atoms with Gasteiger partial charge in [0.2, 0.25) is 0 Å². The zero-order valence-electron chi connectivity index (χ0n) is 12.1. The summed E-state index contributed by atoms with van der Waals surface area (Å²) in [6.07, 6.45) is 4.71. The Morgan fingerprint density at radius 2 is 2.00 bits per heavy atom. The van der Waals surface area contributed by atoms with Crippen molar-refractivity contribution in [1.29, 1.82) is 0 Å². The van der Waals surface area contributed by atoms with Gasteiger partial charge in [0.25, 0.3) is 0 Å². The largest absolute Gasteiger partial charge is 0.493 e. The van der Waals surface area contributed by atoms with Crippen molar-refractivity contribution in [2.75, 3.05) is 20.8 Å². The van der Waals surface area contributed by atoms with E-state index < -0.39 is 0 Å². The van der Waals surface area contributed by atoms with Gasteiger partial charge in [0.05, 0.1) is 18.7 Å². The number of hydrogen-bond acceptors (Lipinski definition) is 3. The molecule has 0 fully saturated rings. The van der Waals surface area contributed by atoms with Gasteiger partial charge in [0, 0.05) is 6.54 Å². The highest BCUT2D eigenvalue weighted by Gasteiger charge is 2.11. The van der Waals surface area contributed by atoms with E-state index in [0.29, 0.717) is 23.1 Å². The Balaban J connectivity index is 2.65. The third kappa shape index (κ3) is 5.29. The van der Waals surface area contributed by atoms with Crippen LogP contribution < -0.4 is 14.8 Å². The number of rotatable bonds is 9. The van der Waals surface area contributed by atoms with Gasteiger partial charge in [0.15, 0.2) is 11.5 Å². The fourth-order valence-corrected chi connectivity index (χ4v) is 2.21. The number of ether oxygens (including phenoxy) is 2. The van der Waals surface area contributed by atoms with Crippen molar-refractivity contribution in [2.45, 2.75) is 39.2 Å². The van der Waals surface area contributed by atoms with Gasteiger partial charge < -0.3 is 14.8 Å². The van der Waals surface area contributed by atoms with E-state index in [0.717, 1.165) is 18.5 Å². The fraction of sp³-hybridized carbons (Fsp3) is 0.600. The van der Waals surface area contributed by atoms with E-state index >= 15 is 0 Å². The molecule has 0 bridgehead atoms. The first-order valence-corrected chi connectivity index (χ1v) is 7.24. The SMILES string of the molecule is CCCCCCOc1c(Cl)cc(CNC)cc1OC. The van der Waals surface area contributed by atoms with Crippen LogP contribution in [0.5, 0.6) is 11.5 Å². The third-order valence-electron chi connectivity index (χ3n) is 2.91. The second-order valence-corrected chi connectivity index (χ2v) is 4.96. The average Bonchev–Trinajstić information content (AvgIpc) is 2.40. The van der Waals surface area contributed by atoms with Gasteiger partial charge in [-0.15, -0.1) is 0 Å². The molecule has 0 aliphatic heterocycles. The van der Waals surface area contributed by atoms with E-state index in [1.165, 1.54) is 19.3 Å². The van der Waals surface area contributed by atoms with Crippen LogP contribution in [0.25, 0.3) is 0 Å². The van der Waals surface area contributed by atoms with E-state index in [4.69, 9.17) is 21.1 Å². The molecule has 0 heterocycles. The maximum atomic E-state index is 6.26. The lowest BCUT2D eigenvalue weighted by molar-refractivity contribution is 0.285. The van der Waals surface area contributed by atoms with Crippen LogP contribution >= 0.6 is 11.6 Å². The Kier molecular flexibility index (Phi) is 7.68. The van der Waals surface area contributed by atoms with Crippen molar-refractivity contribution < 1.29 is 9.47 Å². The molecule has 1 rings (SSSR count). The van der Waals surface area contributed by atoms with Crippen LogP contribution in [0, 0.1) is 0 Å². The molecule has 0 spiro atoms. The number of halogens is 1. The maximum Gasteiger partial charge on any atom is 0.179 e. The molecule has 4 heteroatoms. The molecule has 3 nitrogen and oxygen atoms in total. The molecular formula is C15H24ClNO2. The lowest BCUT2D eigenvalue weighted by atomic mass is 10.2. The number of benzene rings is 1. The minimum absolute atomic E-state index is 0.611. The van der Waals surface area contributed by atoms with Gasteiger partial charge in [-0.05, 0) is 31.2 Å². The zero-order chi connectivity index (χ0) is 14.1. The van der Waals surface area contributed by atoms with Crippen molar-refractivity contribution in [3.63, 3.8) is 0 Å². The normalized spacial score (nSPS) is 10.5. The highest BCUT2D eigenvalue weighted by Crippen LogP contribution is 2.36. The molecule has 1 aromatic rings. The van der Waals surface area contributed by atoms with Crippen molar-refractivity contribution in [3.05, 3.63) is 22.7 Å². The van der Waals surface area contributed by atoms with Crippen LogP contribution in [0.2, 0.25) is 5.02 Å². The second-order valence-electron chi connectivity index (χ2n) is 4.55. The second kappa shape index (κ2) is 9.05. The summed E-state index contributed by atoms with van der Waals surface area (Å²) < 4.78 is 11.1. The molecule has 1 aromatic carbocycles. The molecule has 0 radical (unpaired) electrons. The van der Waals surface area contributed by atoms with Crippen molar-refractivity contribution in [1.82, 2.24) is 5.32 Å². The molecule has 0 unspecified atom stereocenters. The molecule has 0 aromatic heterocycles. The molecule has 108 valence electrons. The Hall–Kier alpha value is -0.930. The van der Waals surface area contributed by atoms with Crippen molar-refractivity contribution in [2.24, 2.45) is 0 Å². The number of methoxy groups -OCH3 is 1. The first-order chi connectivity index (χ1) is 9.22. The topological polar surface area (TPSA) is 30.5 Å². The Bertz CT molecular complexity index is 383. The Morgan fingerprint density at radius 3 is 2.63 bits per heavy atom. The first-order valence-electron chi connectivity index (χ1n) is 6.86. The first kappa shape index (κ1) is 16.1. The summed E-state index contributed by atoms with van der Waals surface area (Å²) in [6, 6.07) is 3.88. The standard InChI is InChI=1S/C15H24ClNO2/c1-4-5-6-7-8-19-15-13(16)9-12(11-17-2)10-14(15)18-3/h9-10,17H,4-8,11H2,1-3H3. The summed E-state index contributed by atoms with van der Waals surface area (Å²) in [5.74, 6) is 1.36. The smallest absolute Gasteiger partial charge is 0.179 e. The Morgan fingerprint density at radius 1 is 1.21 bits per heavy atom. The van der Waals surface area contributed by atoms with Crippen LogP contribution in [0.15, 0.2) is 12.1 Å². The van der Waals surface area contributed by atoms with Gasteiger partial charge >= 0.3 is 0 Å². The highest BCUT2D eigenvalue weighted by atomic mass is 35.5. The van der Waals surface area contributed by atoms with E-state index in [1.807, 2.05) is 19.2 Å². The summed E-state index contributed by atoms with van der Waals surface area (Å²) in [5.41, 5.74) is 1.09. The molecular weight excluding hydrogens is 262 g/mol. The maximum absolute atomic E-state index is 6.26. The van der Waals surface area contributed by atoms with E-state index in [-0.39, 0.29) is 0 Å². The highest BCUT2D eigenvalue weighted by molar-refractivity contribution is 6.32. The summed E-state index contributed by atoms with van der Waals surface area (Å²) in [5, 5.41) is 3.70. The van der Waals surface area contributed by atoms with Crippen LogP contribution in [0.3, 0.4) is 0 Å². The van der Waals surface area contributed by atoms with E-state index in [1.54, 1.807) is 7.11 Å². The molecule has 0 atom stereocenters. The monoisotopic (exact) mass is 285 g/mol. The Labute approximate surface area is 121 Å². The molecule has 19 heavy (non-hydrogen) atoms. The number of unbranched alkanes of at least 4 members (excludes halogenated alkanes) is 3. The molecule has 0 aliphatic carbocycles. The summed E-state index contributed by atoms with van der Waals surface area (Å²) in [6.45, 7) is 3.63. The minimum Gasteiger partial charge on any atom is -0.493 e. The summed E-state index contributed by atoms with van der Waals surface area (Å²) in [4.78, 5) is 0. The molecule has 0 amide bonds. The predicted molar refractivity (Wildman–Crippen MR) is 80.4 cm³/mol. The van der Waals surface area contributed by atoms with Crippen LogP contribution in [0.4, 0.5) is 0 Å². The molecule has 0 saturated heterocycles. The minimum atomic E-state index is 0.611. The fourth-order valence-electron chi connectivity index (χ4n) is 1.92. The summed E-state index contributed by atoms with van der Waals surface area (Å²) in [7, 11) is 3.54. The quantitative estimate of drug-likeness (QED) is 0.695.